The van der Waals surface area contributed by atoms with Gasteiger partial charge in [-0.25, -0.2) is 0 Å². The van der Waals surface area contributed by atoms with Crippen molar-refractivity contribution in [3.05, 3.63) is 54.1 Å². The van der Waals surface area contributed by atoms with Crippen molar-refractivity contribution in [3.63, 3.8) is 0 Å². The van der Waals surface area contributed by atoms with Crippen LogP contribution < -0.4 is 23.8 Å². The van der Waals surface area contributed by atoms with E-state index in [4.69, 9.17) is 18.9 Å². The quantitative estimate of drug-likeness (QED) is 0.527. The largest absolute Gasteiger partial charge is 0.497 e. The third kappa shape index (κ3) is 4.68. The van der Waals surface area contributed by atoms with Crippen LogP contribution in [0.5, 0.6) is 23.0 Å². The Hall–Kier alpha value is -4.01. The van der Waals surface area contributed by atoms with Gasteiger partial charge < -0.3 is 28.7 Å². The second-order valence-electron chi connectivity index (χ2n) is 7.69. The molecule has 1 aliphatic heterocycles. The SMILES string of the molecule is COc1ccc(C(=O)N2CCN(c3ccc(-c4cc(OC)ccc4OC)nn3)CC2)c(OC)c1. The molecular weight excluding hydrogens is 436 g/mol. The van der Waals surface area contributed by atoms with Crippen LogP contribution in [0.2, 0.25) is 0 Å². The molecule has 2 heterocycles. The molecule has 0 atom stereocenters. The van der Waals surface area contributed by atoms with E-state index in [0.717, 1.165) is 17.1 Å². The van der Waals surface area contributed by atoms with Crippen molar-refractivity contribution in [1.29, 1.82) is 0 Å². The summed E-state index contributed by atoms with van der Waals surface area (Å²) < 4.78 is 21.4. The molecule has 0 N–H and O–H groups in total. The third-order valence-corrected chi connectivity index (χ3v) is 5.86. The summed E-state index contributed by atoms with van der Waals surface area (Å²) in [5.74, 6) is 3.26. The normalized spacial score (nSPS) is 13.4. The average Bonchev–Trinajstić information content (AvgIpc) is 2.92. The maximum absolute atomic E-state index is 13.1. The molecule has 9 nitrogen and oxygen atoms in total. The van der Waals surface area contributed by atoms with E-state index >= 15 is 0 Å². The standard InChI is InChI=1S/C25H28N4O5/c1-31-17-6-9-22(33-3)20(15-17)21-8-10-24(27-26-21)28-11-13-29(14-12-28)25(30)19-7-5-18(32-2)16-23(19)34-4/h5-10,15-16H,11-14H2,1-4H3. The predicted molar refractivity (Wildman–Crippen MR) is 128 cm³/mol. The Bertz CT molecular complexity index is 1140. The number of nitrogens with zero attached hydrogens (tertiary/aromatic N) is 4. The molecule has 9 heteroatoms. The van der Waals surface area contributed by atoms with Crippen LogP contribution in [0, 0.1) is 0 Å². The first-order chi connectivity index (χ1) is 16.6. The average molecular weight is 465 g/mol. The number of aromatic nitrogens is 2. The van der Waals surface area contributed by atoms with E-state index in [1.807, 2.05) is 35.2 Å². The van der Waals surface area contributed by atoms with Crippen LogP contribution in [0.4, 0.5) is 5.82 Å². The molecule has 0 aliphatic carbocycles. The van der Waals surface area contributed by atoms with Crippen molar-refractivity contribution in [3.8, 4) is 34.3 Å². The summed E-state index contributed by atoms with van der Waals surface area (Å²) in [4.78, 5) is 17.0. The van der Waals surface area contributed by atoms with E-state index in [1.54, 1.807) is 46.6 Å². The molecule has 0 bridgehead atoms. The number of benzene rings is 2. The fourth-order valence-corrected chi connectivity index (χ4v) is 3.94. The van der Waals surface area contributed by atoms with Gasteiger partial charge in [0.05, 0.1) is 39.7 Å². The van der Waals surface area contributed by atoms with Crippen LogP contribution in [0.1, 0.15) is 10.4 Å². The van der Waals surface area contributed by atoms with Gasteiger partial charge in [-0.05, 0) is 42.5 Å². The van der Waals surface area contributed by atoms with E-state index in [9.17, 15) is 4.79 Å². The lowest BCUT2D eigenvalue weighted by molar-refractivity contribution is 0.0743. The van der Waals surface area contributed by atoms with E-state index in [-0.39, 0.29) is 5.91 Å². The Morgan fingerprint density at radius 2 is 1.41 bits per heavy atom. The molecule has 0 saturated carbocycles. The van der Waals surface area contributed by atoms with Crippen LogP contribution in [0.15, 0.2) is 48.5 Å². The molecule has 4 rings (SSSR count). The molecule has 178 valence electrons. The maximum Gasteiger partial charge on any atom is 0.257 e. The number of piperazine rings is 1. The zero-order valence-electron chi connectivity index (χ0n) is 19.8. The van der Waals surface area contributed by atoms with E-state index in [1.165, 1.54) is 0 Å². The molecule has 34 heavy (non-hydrogen) atoms. The molecule has 1 aliphatic rings. The van der Waals surface area contributed by atoms with Gasteiger partial charge in [0.1, 0.15) is 23.0 Å². The van der Waals surface area contributed by atoms with Gasteiger partial charge in [-0.1, -0.05) is 0 Å². The molecule has 0 unspecified atom stereocenters. The first-order valence-electron chi connectivity index (χ1n) is 10.9. The molecule has 1 amide bonds. The van der Waals surface area contributed by atoms with Crippen LogP contribution >= 0.6 is 0 Å². The van der Waals surface area contributed by atoms with Crippen molar-refractivity contribution < 1.29 is 23.7 Å². The minimum Gasteiger partial charge on any atom is -0.497 e. The van der Waals surface area contributed by atoms with Crippen LogP contribution in [-0.4, -0.2) is 75.6 Å². The van der Waals surface area contributed by atoms with E-state index in [0.29, 0.717) is 54.7 Å². The summed E-state index contributed by atoms with van der Waals surface area (Å²) in [7, 11) is 6.37. The van der Waals surface area contributed by atoms with Gasteiger partial charge in [-0.3, -0.25) is 4.79 Å². The van der Waals surface area contributed by atoms with Crippen LogP contribution in [0.25, 0.3) is 11.3 Å². The molecule has 1 fully saturated rings. The fraction of sp³-hybridized carbons (Fsp3) is 0.320. The molecule has 2 aromatic carbocycles. The number of methoxy groups -OCH3 is 4. The van der Waals surface area contributed by atoms with E-state index in [2.05, 4.69) is 15.1 Å². The Balaban J connectivity index is 1.44. The number of carbonyl (C=O) groups excluding carboxylic acids is 1. The second kappa shape index (κ2) is 10.3. The summed E-state index contributed by atoms with van der Waals surface area (Å²) in [6.07, 6.45) is 0. The van der Waals surface area contributed by atoms with Gasteiger partial charge in [-0.2, -0.15) is 0 Å². The zero-order valence-corrected chi connectivity index (χ0v) is 19.8. The monoisotopic (exact) mass is 464 g/mol. The minimum absolute atomic E-state index is 0.0642. The van der Waals surface area contributed by atoms with Gasteiger partial charge in [0.2, 0.25) is 0 Å². The Morgan fingerprint density at radius 1 is 0.735 bits per heavy atom. The molecule has 0 radical (unpaired) electrons. The Labute approximate surface area is 198 Å². The molecule has 0 spiro atoms. The van der Waals surface area contributed by atoms with Gasteiger partial charge in [0.25, 0.3) is 5.91 Å². The van der Waals surface area contributed by atoms with Crippen LogP contribution in [0.3, 0.4) is 0 Å². The number of ether oxygens (including phenoxy) is 4. The summed E-state index contributed by atoms with van der Waals surface area (Å²) >= 11 is 0. The van der Waals surface area contributed by atoms with Gasteiger partial charge in [0.15, 0.2) is 5.82 Å². The smallest absolute Gasteiger partial charge is 0.257 e. The number of carbonyl (C=O) groups is 1. The highest BCUT2D eigenvalue weighted by Crippen LogP contribution is 2.32. The van der Waals surface area contributed by atoms with Gasteiger partial charge >= 0.3 is 0 Å². The maximum atomic E-state index is 13.1. The summed E-state index contributed by atoms with van der Waals surface area (Å²) in [6, 6.07) is 14.6. The van der Waals surface area contributed by atoms with Crippen molar-refractivity contribution in [2.45, 2.75) is 0 Å². The third-order valence-electron chi connectivity index (χ3n) is 5.86. The number of hydrogen-bond donors (Lipinski definition) is 0. The second-order valence-corrected chi connectivity index (χ2v) is 7.69. The first kappa shape index (κ1) is 23.2. The number of anilines is 1. The van der Waals surface area contributed by atoms with Gasteiger partial charge in [-0.15, -0.1) is 10.2 Å². The molecule has 1 aromatic heterocycles. The number of amides is 1. The highest BCUT2D eigenvalue weighted by Gasteiger charge is 2.25. The van der Waals surface area contributed by atoms with E-state index < -0.39 is 0 Å². The van der Waals surface area contributed by atoms with Crippen molar-refractivity contribution in [2.24, 2.45) is 0 Å². The lowest BCUT2D eigenvalue weighted by atomic mass is 10.1. The van der Waals surface area contributed by atoms with Gasteiger partial charge in [0, 0.05) is 37.8 Å². The fourth-order valence-electron chi connectivity index (χ4n) is 3.94. The molecule has 1 saturated heterocycles. The lowest BCUT2D eigenvalue weighted by Crippen LogP contribution is -2.49. The Kier molecular flexibility index (Phi) is 7.01. The highest BCUT2D eigenvalue weighted by molar-refractivity contribution is 5.97. The number of rotatable bonds is 7. The minimum atomic E-state index is -0.0642. The molecule has 3 aromatic rings. The summed E-state index contributed by atoms with van der Waals surface area (Å²) in [5.41, 5.74) is 2.03. The predicted octanol–water partition coefficient (Wildman–Crippen LogP) is 3.14. The lowest BCUT2D eigenvalue weighted by Gasteiger charge is -2.35. The van der Waals surface area contributed by atoms with Crippen molar-refractivity contribution in [1.82, 2.24) is 15.1 Å². The highest BCUT2D eigenvalue weighted by atomic mass is 16.5. The van der Waals surface area contributed by atoms with Crippen LogP contribution in [-0.2, 0) is 0 Å². The summed E-state index contributed by atoms with van der Waals surface area (Å²) in [5, 5.41) is 8.84. The van der Waals surface area contributed by atoms with Crippen molar-refractivity contribution in [2.75, 3.05) is 59.5 Å². The van der Waals surface area contributed by atoms with Crippen molar-refractivity contribution >= 4 is 11.7 Å². The summed E-state index contributed by atoms with van der Waals surface area (Å²) in [6.45, 7) is 2.45. The number of hydrogen-bond acceptors (Lipinski definition) is 8. The first-order valence-corrected chi connectivity index (χ1v) is 10.9. The topological polar surface area (TPSA) is 86.3 Å². The zero-order chi connectivity index (χ0) is 24.1. The Morgan fingerprint density at radius 3 is 2.03 bits per heavy atom. The molecular formula is C25H28N4O5.